The third kappa shape index (κ3) is 3.05. The van der Waals surface area contributed by atoms with E-state index in [4.69, 9.17) is 5.73 Å². The minimum Gasteiger partial charge on any atom is -0.396 e. The predicted molar refractivity (Wildman–Crippen MR) is 91.9 cm³/mol. The van der Waals surface area contributed by atoms with Crippen LogP contribution in [0.5, 0.6) is 0 Å². The number of aromatic nitrogens is 2. The normalized spacial score (nSPS) is 10.9. The second-order valence-electron chi connectivity index (χ2n) is 5.63. The minimum absolute atomic E-state index is 0.00112. The Hall–Kier alpha value is -3.16. The van der Waals surface area contributed by atoms with Gasteiger partial charge in [-0.25, -0.2) is 9.37 Å². The Labute approximate surface area is 147 Å². The molecule has 0 fully saturated rings. The molecule has 3 rings (SSSR count). The number of carbonyl (C=O) groups excluding carboxylic acids is 1. The van der Waals surface area contributed by atoms with Crippen molar-refractivity contribution in [3.05, 3.63) is 53.9 Å². The first kappa shape index (κ1) is 17.7. The zero-order chi connectivity index (χ0) is 18.8. The van der Waals surface area contributed by atoms with Gasteiger partial charge in [0, 0.05) is 34.6 Å². The van der Waals surface area contributed by atoms with Crippen molar-refractivity contribution in [2.45, 2.75) is 13.3 Å². The molecule has 0 aliphatic heterocycles. The molecule has 0 radical (unpaired) electrons. The number of nitrogen functional groups attached to an aromatic ring is 1. The summed E-state index contributed by atoms with van der Waals surface area (Å²) in [6.45, 7) is 2.36. The van der Waals surface area contributed by atoms with E-state index in [2.05, 4.69) is 15.3 Å². The number of hydrogen-bond acceptors (Lipinski definition) is 4. The largest absolute Gasteiger partial charge is 0.396 e. The van der Waals surface area contributed by atoms with Crippen molar-refractivity contribution >= 4 is 22.4 Å². The lowest BCUT2D eigenvalue weighted by molar-refractivity contribution is 0.0950. The summed E-state index contributed by atoms with van der Waals surface area (Å²) in [7, 11) is 0. The third-order valence-electron chi connectivity index (χ3n) is 3.90. The van der Waals surface area contributed by atoms with Crippen LogP contribution in [-0.4, -0.2) is 22.4 Å². The summed E-state index contributed by atoms with van der Waals surface area (Å²) in [6.07, 6.45) is 1.99. The molecule has 3 N–H and O–H groups in total. The number of rotatable bonds is 4. The summed E-state index contributed by atoms with van der Waals surface area (Å²) >= 11 is 0. The van der Waals surface area contributed by atoms with E-state index in [0.717, 1.165) is 24.6 Å². The first-order chi connectivity index (χ1) is 12.4. The highest BCUT2D eigenvalue weighted by Gasteiger charge is 2.20. The maximum atomic E-state index is 14.4. The first-order valence-electron chi connectivity index (χ1n) is 7.91. The van der Waals surface area contributed by atoms with Gasteiger partial charge in [0.1, 0.15) is 5.82 Å². The second-order valence-corrected chi connectivity index (χ2v) is 5.63. The van der Waals surface area contributed by atoms with Crippen LogP contribution in [0.2, 0.25) is 0 Å². The van der Waals surface area contributed by atoms with Gasteiger partial charge in [0.15, 0.2) is 5.69 Å². The van der Waals surface area contributed by atoms with E-state index in [9.17, 15) is 18.0 Å². The highest BCUT2D eigenvalue weighted by atomic mass is 19.1. The number of amides is 1. The molecule has 1 aromatic carbocycles. The van der Waals surface area contributed by atoms with Gasteiger partial charge in [-0.2, -0.15) is 13.8 Å². The lowest BCUT2D eigenvalue weighted by atomic mass is 9.98. The molecular formula is C18H15F3N4O. The van der Waals surface area contributed by atoms with Gasteiger partial charge in [0.2, 0.25) is 11.9 Å². The summed E-state index contributed by atoms with van der Waals surface area (Å²) in [5.41, 5.74) is 5.72. The molecule has 2 heterocycles. The maximum absolute atomic E-state index is 14.4. The number of carbonyl (C=O) groups is 1. The summed E-state index contributed by atoms with van der Waals surface area (Å²) in [5, 5.41) is 3.19. The molecule has 134 valence electrons. The number of nitrogens with two attached hydrogens (primary N) is 1. The van der Waals surface area contributed by atoms with Crippen LogP contribution in [0.1, 0.15) is 23.8 Å². The number of anilines is 1. The lowest BCUT2D eigenvalue weighted by Gasteiger charge is -2.13. The zero-order valence-corrected chi connectivity index (χ0v) is 13.8. The molecule has 0 bridgehead atoms. The van der Waals surface area contributed by atoms with Crippen molar-refractivity contribution in [1.82, 2.24) is 15.3 Å². The van der Waals surface area contributed by atoms with Crippen molar-refractivity contribution in [2.75, 3.05) is 12.3 Å². The van der Waals surface area contributed by atoms with Crippen molar-refractivity contribution in [1.29, 1.82) is 0 Å². The predicted octanol–water partition coefficient (Wildman–Crippen LogP) is 3.44. The minimum atomic E-state index is -1.15. The van der Waals surface area contributed by atoms with Crippen molar-refractivity contribution < 1.29 is 18.0 Å². The zero-order valence-electron chi connectivity index (χ0n) is 13.8. The second kappa shape index (κ2) is 6.99. The van der Waals surface area contributed by atoms with Crippen LogP contribution in [0.4, 0.5) is 18.9 Å². The van der Waals surface area contributed by atoms with Gasteiger partial charge in [-0.1, -0.05) is 6.92 Å². The van der Waals surface area contributed by atoms with Gasteiger partial charge in [-0.05, 0) is 30.7 Å². The van der Waals surface area contributed by atoms with Crippen molar-refractivity contribution in [2.24, 2.45) is 0 Å². The smallest absolute Gasteiger partial charge is 0.272 e. The number of halogens is 3. The van der Waals surface area contributed by atoms with Gasteiger partial charge < -0.3 is 11.1 Å². The van der Waals surface area contributed by atoms with E-state index in [-0.39, 0.29) is 27.9 Å². The summed E-state index contributed by atoms with van der Waals surface area (Å²) < 4.78 is 41.5. The summed E-state index contributed by atoms with van der Waals surface area (Å²) in [4.78, 5) is 19.2. The monoisotopic (exact) mass is 360 g/mol. The standard InChI is InChI=1S/C18H15F3N4O/c1-2-7-23-18(26)16-15(22)9-3-5-12(19)14(11(9)8-24-16)10-4-6-13(20)25-17(10)21/h3-6,8H,2,7,22H2,1H3,(H,23,26). The number of hydrogen-bond donors (Lipinski definition) is 2. The van der Waals surface area contributed by atoms with Crippen LogP contribution in [-0.2, 0) is 0 Å². The summed E-state index contributed by atoms with van der Waals surface area (Å²) in [6, 6.07) is 4.51. The molecule has 2 aromatic heterocycles. The van der Waals surface area contributed by atoms with Crippen molar-refractivity contribution in [3.8, 4) is 11.1 Å². The molecule has 1 amide bonds. The average Bonchev–Trinajstić information content (AvgIpc) is 2.61. The van der Waals surface area contributed by atoms with Gasteiger partial charge in [-0.15, -0.1) is 0 Å². The fraction of sp³-hybridized carbons (Fsp3) is 0.167. The number of fused-ring (bicyclic) bond motifs is 1. The van der Waals surface area contributed by atoms with E-state index in [1.807, 2.05) is 6.92 Å². The van der Waals surface area contributed by atoms with Crippen LogP contribution in [0.3, 0.4) is 0 Å². The van der Waals surface area contributed by atoms with Crippen LogP contribution in [0.25, 0.3) is 21.9 Å². The first-order valence-corrected chi connectivity index (χ1v) is 7.91. The molecule has 26 heavy (non-hydrogen) atoms. The van der Waals surface area contributed by atoms with Gasteiger partial charge in [-0.3, -0.25) is 4.79 Å². The molecule has 0 spiro atoms. The van der Waals surface area contributed by atoms with Crippen molar-refractivity contribution in [3.63, 3.8) is 0 Å². The Bertz CT molecular complexity index is 1010. The fourth-order valence-corrected chi connectivity index (χ4v) is 2.66. The Morgan fingerprint density at radius 1 is 1.15 bits per heavy atom. The van der Waals surface area contributed by atoms with E-state index < -0.39 is 23.6 Å². The molecule has 0 aliphatic rings. The topological polar surface area (TPSA) is 80.9 Å². The number of nitrogens with zero attached hydrogens (tertiary/aromatic N) is 2. The molecule has 8 heteroatoms. The third-order valence-corrected chi connectivity index (χ3v) is 3.90. The lowest BCUT2D eigenvalue weighted by Crippen LogP contribution is -2.26. The Kier molecular flexibility index (Phi) is 4.75. The number of pyridine rings is 2. The number of benzene rings is 1. The van der Waals surface area contributed by atoms with Gasteiger partial charge >= 0.3 is 0 Å². The molecule has 0 atom stereocenters. The van der Waals surface area contributed by atoms with Crippen LogP contribution in [0, 0.1) is 17.7 Å². The molecule has 3 aromatic rings. The average molecular weight is 360 g/mol. The Morgan fingerprint density at radius 3 is 2.62 bits per heavy atom. The molecule has 5 nitrogen and oxygen atoms in total. The quantitative estimate of drug-likeness (QED) is 0.699. The van der Waals surface area contributed by atoms with E-state index >= 15 is 0 Å². The van der Waals surface area contributed by atoms with Crippen LogP contribution >= 0.6 is 0 Å². The number of nitrogens with one attached hydrogen (secondary N) is 1. The Balaban J connectivity index is 2.21. The van der Waals surface area contributed by atoms with E-state index in [1.165, 1.54) is 12.3 Å². The highest BCUT2D eigenvalue weighted by molar-refractivity contribution is 6.09. The Morgan fingerprint density at radius 2 is 1.92 bits per heavy atom. The van der Waals surface area contributed by atoms with Crippen LogP contribution < -0.4 is 11.1 Å². The molecule has 0 saturated heterocycles. The van der Waals surface area contributed by atoms with Crippen LogP contribution in [0.15, 0.2) is 30.5 Å². The molecule has 0 aliphatic carbocycles. The fourth-order valence-electron chi connectivity index (χ4n) is 2.66. The van der Waals surface area contributed by atoms with E-state index in [1.54, 1.807) is 0 Å². The maximum Gasteiger partial charge on any atom is 0.272 e. The van der Waals surface area contributed by atoms with Gasteiger partial charge in [0.25, 0.3) is 5.91 Å². The van der Waals surface area contributed by atoms with E-state index in [0.29, 0.717) is 11.9 Å². The molecule has 0 unspecified atom stereocenters. The summed E-state index contributed by atoms with van der Waals surface area (Å²) in [5.74, 6) is -3.36. The SMILES string of the molecule is CCCNC(=O)c1ncc2c(-c3ccc(F)nc3F)c(F)ccc2c1N. The highest BCUT2D eigenvalue weighted by Crippen LogP contribution is 2.35. The van der Waals surface area contributed by atoms with Gasteiger partial charge in [0.05, 0.1) is 5.69 Å². The molecular weight excluding hydrogens is 345 g/mol. The molecule has 0 saturated carbocycles.